The maximum atomic E-state index is 12.2. The molecule has 0 bridgehead atoms. The SMILES string of the molecule is Cc1cc(/C=N/NC(=O)Cn2c(C)nc3ccccc32)cc(C)c1O. The minimum Gasteiger partial charge on any atom is -0.507 e. The molecule has 2 N–H and O–H groups in total. The van der Waals surface area contributed by atoms with Crippen molar-refractivity contribution in [3.8, 4) is 5.75 Å². The molecule has 1 heterocycles. The zero-order chi connectivity index (χ0) is 18.0. The lowest BCUT2D eigenvalue weighted by molar-refractivity contribution is -0.121. The summed E-state index contributed by atoms with van der Waals surface area (Å²) in [5, 5.41) is 13.8. The maximum absolute atomic E-state index is 12.2. The number of benzene rings is 2. The van der Waals surface area contributed by atoms with E-state index in [0.717, 1.165) is 33.5 Å². The number of nitrogens with zero attached hydrogens (tertiary/aromatic N) is 3. The summed E-state index contributed by atoms with van der Waals surface area (Å²) in [6, 6.07) is 11.3. The quantitative estimate of drug-likeness (QED) is 0.568. The second-order valence-corrected chi connectivity index (χ2v) is 6.03. The number of hydrogen-bond donors (Lipinski definition) is 2. The van der Waals surface area contributed by atoms with Gasteiger partial charge in [0.1, 0.15) is 18.1 Å². The largest absolute Gasteiger partial charge is 0.507 e. The van der Waals surface area contributed by atoms with Crippen molar-refractivity contribution >= 4 is 23.2 Å². The van der Waals surface area contributed by atoms with Crippen LogP contribution in [-0.4, -0.2) is 26.8 Å². The molecule has 0 aliphatic carbocycles. The van der Waals surface area contributed by atoms with Crippen molar-refractivity contribution in [3.63, 3.8) is 0 Å². The van der Waals surface area contributed by atoms with Crippen LogP contribution in [0.5, 0.6) is 5.75 Å². The average Bonchev–Trinajstić information content (AvgIpc) is 2.88. The van der Waals surface area contributed by atoms with E-state index < -0.39 is 0 Å². The third-order valence-electron chi connectivity index (χ3n) is 4.06. The van der Waals surface area contributed by atoms with E-state index in [1.165, 1.54) is 0 Å². The van der Waals surface area contributed by atoms with Gasteiger partial charge in [-0.25, -0.2) is 10.4 Å². The van der Waals surface area contributed by atoms with Crippen molar-refractivity contribution in [1.29, 1.82) is 0 Å². The number of aromatic nitrogens is 2. The van der Waals surface area contributed by atoms with Gasteiger partial charge in [0.25, 0.3) is 5.91 Å². The molecule has 0 atom stereocenters. The van der Waals surface area contributed by atoms with Crippen molar-refractivity contribution in [2.24, 2.45) is 5.10 Å². The Bertz CT molecular complexity index is 950. The van der Waals surface area contributed by atoms with Gasteiger partial charge in [-0.3, -0.25) is 4.79 Å². The molecule has 1 amide bonds. The highest BCUT2D eigenvalue weighted by Gasteiger charge is 2.10. The number of aromatic hydroxyl groups is 1. The second-order valence-electron chi connectivity index (χ2n) is 6.03. The Balaban J connectivity index is 1.69. The van der Waals surface area contributed by atoms with E-state index in [4.69, 9.17) is 0 Å². The number of imidazole rings is 1. The first-order chi connectivity index (χ1) is 12.0. The maximum Gasteiger partial charge on any atom is 0.260 e. The lowest BCUT2D eigenvalue weighted by Gasteiger charge is -2.06. The number of carbonyl (C=O) groups is 1. The standard InChI is InChI=1S/C19H20N4O2/c1-12-8-15(9-13(2)19(12)25)10-20-22-18(24)11-23-14(3)21-16-6-4-5-7-17(16)23/h4-10,25H,11H2,1-3H3,(H,22,24)/b20-10+. The van der Waals surface area contributed by atoms with Gasteiger partial charge in [-0.2, -0.15) is 5.10 Å². The predicted octanol–water partition coefficient (Wildman–Crippen LogP) is 2.82. The van der Waals surface area contributed by atoms with Gasteiger partial charge in [-0.05, 0) is 61.7 Å². The van der Waals surface area contributed by atoms with Crippen LogP contribution in [0.15, 0.2) is 41.5 Å². The highest BCUT2D eigenvalue weighted by molar-refractivity contribution is 5.84. The fraction of sp³-hybridized carbons (Fsp3) is 0.211. The summed E-state index contributed by atoms with van der Waals surface area (Å²) in [6.07, 6.45) is 1.57. The lowest BCUT2D eigenvalue weighted by Crippen LogP contribution is -2.23. The molecule has 25 heavy (non-hydrogen) atoms. The van der Waals surface area contributed by atoms with Crippen LogP contribution in [0, 0.1) is 20.8 Å². The zero-order valence-electron chi connectivity index (χ0n) is 14.4. The second kappa shape index (κ2) is 6.76. The van der Waals surface area contributed by atoms with Crippen LogP contribution in [0.3, 0.4) is 0 Å². The molecule has 0 unspecified atom stereocenters. The molecule has 0 fully saturated rings. The van der Waals surface area contributed by atoms with Gasteiger partial charge in [-0.15, -0.1) is 0 Å². The molecule has 0 spiro atoms. The Morgan fingerprint density at radius 1 is 1.24 bits per heavy atom. The minimum absolute atomic E-state index is 0.150. The Kier molecular flexibility index (Phi) is 4.52. The van der Waals surface area contributed by atoms with E-state index in [1.54, 1.807) is 6.21 Å². The molecule has 0 aliphatic heterocycles. The Labute approximate surface area is 145 Å². The van der Waals surface area contributed by atoms with E-state index in [0.29, 0.717) is 0 Å². The summed E-state index contributed by atoms with van der Waals surface area (Å²) in [6.45, 7) is 5.67. The van der Waals surface area contributed by atoms with Gasteiger partial charge in [0.15, 0.2) is 0 Å². The van der Waals surface area contributed by atoms with Crippen molar-refractivity contribution in [1.82, 2.24) is 15.0 Å². The molecular formula is C19H20N4O2. The van der Waals surface area contributed by atoms with Crippen LogP contribution in [0.2, 0.25) is 0 Å². The van der Waals surface area contributed by atoms with Gasteiger partial charge in [0, 0.05) is 0 Å². The highest BCUT2D eigenvalue weighted by Crippen LogP contribution is 2.22. The molecule has 3 rings (SSSR count). The first kappa shape index (κ1) is 16.7. The number of nitrogens with one attached hydrogen (secondary N) is 1. The first-order valence-electron chi connectivity index (χ1n) is 7.99. The Hall–Kier alpha value is -3.15. The van der Waals surface area contributed by atoms with Crippen LogP contribution in [0.25, 0.3) is 11.0 Å². The highest BCUT2D eigenvalue weighted by atomic mass is 16.3. The monoisotopic (exact) mass is 336 g/mol. The summed E-state index contributed by atoms with van der Waals surface area (Å²) in [5.74, 6) is 0.837. The molecule has 6 nitrogen and oxygen atoms in total. The molecule has 1 aromatic heterocycles. The molecule has 3 aromatic rings. The lowest BCUT2D eigenvalue weighted by atomic mass is 10.1. The van der Waals surface area contributed by atoms with Crippen LogP contribution in [-0.2, 0) is 11.3 Å². The minimum atomic E-state index is -0.227. The fourth-order valence-corrected chi connectivity index (χ4v) is 2.82. The number of hydrogen-bond acceptors (Lipinski definition) is 4. The van der Waals surface area contributed by atoms with Crippen LogP contribution in [0.1, 0.15) is 22.5 Å². The van der Waals surface area contributed by atoms with Gasteiger partial charge in [-0.1, -0.05) is 12.1 Å². The number of hydrazone groups is 1. The third-order valence-corrected chi connectivity index (χ3v) is 4.06. The fourth-order valence-electron chi connectivity index (χ4n) is 2.82. The number of amides is 1. The summed E-state index contributed by atoms with van der Waals surface area (Å²) in [4.78, 5) is 16.6. The van der Waals surface area contributed by atoms with Gasteiger partial charge in [0.2, 0.25) is 0 Å². The van der Waals surface area contributed by atoms with Crippen LogP contribution in [0.4, 0.5) is 0 Å². The van der Waals surface area contributed by atoms with Gasteiger partial charge in [0.05, 0.1) is 17.2 Å². The normalized spacial score (nSPS) is 11.3. The number of fused-ring (bicyclic) bond motifs is 1. The molecule has 128 valence electrons. The molecule has 0 radical (unpaired) electrons. The predicted molar refractivity (Wildman–Crippen MR) is 97.8 cm³/mol. The average molecular weight is 336 g/mol. The van der Waals surface area contributed by atoms with E-state index in [1.807, 2.05) is 61.7 Å². The smallest absolute Gasteiger partial charge is 0.260 e. The third kappa shape index (κ3) is 3.52. The van der Waals surface area contributed by atoms with Crippen molar-refractivity contribution in [3.05, 3.63) is 58.9 Å². The van der Waals surface area contributed by atoms with E-state index in [2.05, 4.69) is 15.5 Å². The summed E-state index contributed by atoms with van der Waals surface area (Å²) < 4.78 is 1.86. The molecule has 2 aromatic carbocycles. The van der Waals surface area contributed by atoms with Gasteiger partial charge < -0.3 is 9.67 Å². The molecule has 0 saturated heterocycles. The molecule has 0 saturated carbocycles. The number of phenolic OH excluding ortho intramolecular Hbond substituents is 1. The molecular weight excluding hydrogens is 316 g/mol. The molecule has 0 aliphatic rings. The van der Waals surface area contributed by atoms with E-state index in [9.17, 15) is 9.90 Å². The number of aryl methyl sites for hydroxylation is 3. The van der Waals surface area contributed by atoms with Crippen molar-refractivity contribution in [2.45, 2.75) is 27.3 Å². The topological polar surface area (TPSA) is 79.5 Å². The zero-order valence-corrected chi connectivity index (χ0v) is 14.4. The van der Waals surface area contributed by atoms with Crippen molar-refractivity contribution < 1.29 is 9.90 Å². The summed E-state index contributed by atoms with van der Waals surface area (Å²) in [7, 11) is 0. The molecule has 6 heteroatoms. The first-order valence-corrected chi connectivity index (χ1v) is 7.99. The van der Waals surface area contributed by atoms with Crippen LogP contribution >= 0.6 is 0 Å². The number of phenols is 1. The Morgan fingerprint density at radius 3 is 2.64 bits per heavy atom. The summed E-state index contributed by atoms with van der Waals surface area (Å²) in [5.41, 5.74) is 6.68. The van der Waals surface area contributed by atoms with E-state index in [-0.39, 0.29) is 18.2 Å². The van der Waals surface area contributed by atoms with Crippen molar-refractivity contribution in [2.75, 3.05) is 0 Å². The summed E-state index contributed by atoms with van der Waals surface area (Å²) >= 11 is 0. The van der Waals surface area contributed by atoms with Gasteiger partial charge >= 0.3 is 0 Å². The Morgan fingerprint density at radius 2 is 1.92 bits per heavy atom. The number of carbonyl (C=O) groups excluding carboxylic acids is 1. The number of para-hydroxylation sites is 2. The van der Waals surface area contributed by atoms with E-state index >= 15 is 0 Å². The van der Waals surface area contributed by atoms with Crippen LogP contribution < -0.4 is 5.43 Å². The number of rotatable bonds is 4.